The van der Waals surface area contributed by atoms with Crippen LogP contribution in [-0.4, -0.2) is 33.9 Å². The van der Waals surface area contributed by atoms with E-state index in [0.29, 0.717) is 13.0 Å². The van der Waals surface area contributed by atoms with Crippen LogP contribution in [0.25, 0.3) is 0 Å². The van der Waals surface area contributed by atoms with Crippen LogP contribution >= 0.6 is 15.6 Å². The van der Waals surface area contributed by atoms with Crippen molar-refractivity contribution in [3.05, 3.63) is 12.2 Å². The maximum Gasteiger partial charge on any atom is 0.481 e. The smallest absolute Gasteiger partial charge is 0.463 e. The van der Waals surface area contributed by atoms with E-state index in [-0.39, 0.29) is 12.6 Å². The van der Waals surface area contributed by atoms with Crippen LogP contribution in [0.3, 0.4) is 0 Å². The highest BCUT2D eigenvalue weighted by molar-refractivity contribution is 7.60. The van der Waals surface area contributed by atoms with Gasteiger partial charge in [0.05, 0.1) is 13.2 Å². The van der Waals surface area contributed by atoms with E-state index in [4.69, 9.17) is 19.4 Å². The molecule has 0 aliphatic rings. The van der Waals surface area contributed by atoms with Crippen LogP contribution < -0.4 is 0 Å². The number of hydrogen-bond donors (Lipinski definition) is 3. The lowest BCUT2D eigenvalue weighted by Gasteiger charge is -2.12. The summed E-state index contributed by atoms with van der Waals surface area (Å²) in [4.78, 5) is 36.8. The van der Waals surface area contributed by atoms with Crippen LogP contribution in [-0.2, 0) is 27.5 Å². The van der Waals surface area contributed by atoms with Gasteiger partial charge in [0.1, 0.15) is 0 Å². The van der Waals surface area contributed by atoms with Crippen LogP contribution in [0, 0.1) is 0 Å². The van der Waals surface area contributed by atoms with Crippen molar-refractivity contribution in [3.63, 3.8) is 0 Å². The summed E-state index contributed by atoms with van der Waals surface area (Å²) < 4.78 is 34.5. The predicted octanol–water partition coefficient (Wildman–Crippen LogP) is 2.67. The van der Waals surface area contributed by atoms with Gasteiger partial charge in [0.25, 0.3) is 0 Å². The van der Waals surface area contributed by atoms with Crippen LogP contribution in [0.1, 0.15) is 45.4 Å². The topological polar surface area (TPSA) is 140 Å². The minimum atomic E-state index is -5.05. The zero-order chi connectivity index (χ0) is 17.8. The van der Waals surface area contributed by atoms with Gasteiger partial charge in [-0.05, 0) is 19.8 Å². The van der Waals surface area contributed by atoms with E-state index in [1.807, 2.05) is 0 Å². The van der Waals surface area contributed by atoms with Crippen molar-refractivity contribution in [2.75, 3.05) is 13.2 Å². The van der Waals surface area contributed by atoms with Gasteiger partial charge in [0, 0.05) is 6.08 Å². The van der Waals surface area contributed by atoms with E-state index in [1.54, 1.807) is 13.0 Å². The molecular formula is C12H24O9P2. The highest BCUT2D eigenvalue weighted by Gasteiger charge is 2.31. The summed E-state index contributed by atoms with van der Waals surface area (Å²) >= 11 is 0. The average Bonchev–Trinajstić information content (AvgIpc) is 2.38. The molecule has 1 unspecified atom stereocenters. The van der Waals surface area contributed by atoms with Gasteiger partial charge in [-0.15, -0.1) is 0 Å². The molecule has 0 heterocycles. The molecule has 0 amide bonds. The fourth-order valence-corrected chi connectivity index (χ4v) is 3.23. The molecule has 1 atom stereocenters. The molecule has 0 bridgehead atoms. The fourth-order valence-electron chi connectivity index (χ4n) is 1.61. The fraction of sp³-hybridized carbons (Fsp3) is 0.750. The number of unbranched alkanes of at least 4 members (excludes halogenated alkanes) is 5. The number of phosphoric ester groups is 1. The van der Waals surface area contributed by atoms with Gasteiger partial charge < -0.3 is 19.4 Å². The highest BCUT2D eigenvalue weighted by Crippen LogP contribution is 2.57. The third kappa shape index (κ3) is 16.1. The van der Waals surface area contributed by atoms with E-state index in [2.05, 4.69) is 8.83 Å². The van der Waals surface area contributed by atoms with Crippen molar-refractivity contribution in [1.82, 2.24) is 0 Å². The number of allylic oxidation sites excluding steroid dienone is 1. The van der Waals surface area contributed by atoms with E-state index in [9.17, 15) is 13.9 Å². The third-order valence-electron chi connectivity index (χ3n) is 2.55. The number of phosphoric acid groups is 2. The standard InChI is InChI=1S/C12H24O9P2/c1-2-9-12(13)19-10-7-5-3-4-6-8-11-20-23(17,18)21-22(14,15)16/h2,9H,3-8,10-11H2,1H3,(H,17,18)(H2,14,15,16). The summed E-state index contributed by atoms with van der Waals surface area (Å²) in [7, 11) is -9.77. The van der Waals surface area contributed by atoms with Gasteiger partial charge in [0.2, 0.25) is 0 Å². The molecule has 0 aromatic carbocycles. The number of ether oxygens (including phenoxy) is 1. The van der Waals surface area contributed by atoms with E-state index >= 15 is 0 Å². The number of hydrogen-bond acceptors (Lipinski definition) is 6. The summed E-state index contributed by atoms with van der Waals surface area (Å²) in [5.74, 6) is -0.351. The Morgan fingerprint density at radius 3 is 2.00 bits per heavy atom. The van der Waals surface area contributed by atoms with Crippen molar-refractivity contribution in [1.29, 1.82) is 0 Å². The molecule has 0 aromatic heterocycles. The Bertz CT molecular complexity index is 457. The van der Waals surface area contributed by atoms with Crippen molar-refractivity contribution in [2.45, 2.75) is 45.4 Å². The van der Waals surface area contributed by atoms with Gasteiger partial charge in [0.15, 0.2) is 0 Å². The van der Waals surface area contributed by atoms with Gasteiger partial charge in [-0.25, -0.2) is 13.9 Å². The lowest BCUT2D eigenvalue weighted by atomic mass is 10.1. The van der Waals surface area contributed by atoms with Crippen molar-refractivity contribution >= 4 is 21.6 Å². The molecular weight excluding hydrogens is 350 g/mol. The van der Waals surface area contributed by atoms with Crippen LogP contribution in [0.5, 0.6) is 0 Å². The molecule has 0 saturated carbocycles. The summed E-state index contributed by atoms with van der Waals surface area (Å²) in [6, 6.07) is 0. The first-order valence-electron chi connectivity index (χ1n) is 7.20. The van der Waals surface area contributed by atoms with Crippen LogP contribution in [0.2, 0.25) is 0 Å². The summed E-state index contributed by atoms with van der Waals surface area (Å²) in [5.41, 5.74) is 0. The Labute approximate surface area is 135 Å². The number of rotatable bonds is 13. The molecule has 3 N–H and O–H groups in total. The molecule has 0 aliphatic heterocycles. The second kappa shape index (κ2) is 11.9. The van der Waals surface area contributed by atoms with Gasteiger partial charge >= 0.3 is 21.6 Å². The molecule has 0 fully saturated rings. The Morgan fingerprint density at radius 1 is 0.957 bits per heavy atom. The third-order valence-corrected chi connectivity index (χ3v) is 4.73. The van der Waals surface area contributed by atoms with Gasteiger partial charge in [-0.1, -0.05) is 31.8 Å². The molecule has 0 spiro atoms. The maximum atomic E-state index is 11.1. The molecule has 0 aromatic rings. The SMILES string of the molecule is CC=CC(=O)OCCCCCCCCOP(=O)(O)OP(=O)(O)O. The Morgan fingerprint density at radius 2 is 1.48 bits per heavy atom. The minimum Gasteiger partial charge on any atom is -0.463 e. The maximum absolute atomic E-state index is 11.1. The number of carbonyl (C=O) groups excluding carboxylic acids is 1. The largest absolute Gasteiger partial charge is 0.481 e. The Hall–Kier alpha value is -0.530. The van der Waals surface area contributed by atoms with E-state index < -0.39 is 15.6 Å². The van der Waals surface area contributed by atoms with Crippen molar-refractivity contribution in [3.8, 4) is 0 Å². The second-order valence-corrected chi connectivity index (χ2v) is 7.49. The van der Waals surface area contributed by atoms with Gasteiger partial charge in [-0.3, -0.25) is 4.52 Å². The normalized spacial score (nSPS) is 14.8. The molecule has 0 rings (SSSR count). The molecule has 9 nitrogen and oxygen atoms in total. The number of esters is 1. The molecule has 11 heteroatoms. The highest BCUT2D eigenvalue weighted by atomic mass is 31.3. The zero-order valence-corrected chi connectivity index (χ0v) is 14.8. The Balaban J connectivity index is 3.48. The number of carbonyl (C=O) groups is 1. The van der Waals surface area contributed by atoms with E-state index in [0.717, 1.165) is 32.1 Å². The predicted molar refractivity (Wildman–Crippen MR) is 82.4 cm³/mol. The average molecular weight is 374 g/mol. The van der Waals surface area contributed by atoms with Crippen LogP contribution in [0.15, 0.2) is 12.2 Å². The molecule has 136 valence electrons. The van der Waals surface area contributed by atoms with Crippen LogP contribution in [0.4, 0.5) is 0 Å². The molecule has 0 aliphatic carbocycles. The minimum absolute atomic E-state index is 0.130. The van der Waals surface area contributed by atoms with Crippen molar-refractivity contribution in [2.24, 2.45) is 0 Å². The monoisotopic (exact) mass is 374 g/mol. The first-order chi connectivity index (χ1) is 10.7. The van der Waals surface area contributed by atoms with Gasteiger partial charge in [-0.2, -0.15) is 4.31 Å². The first-order valence-corrected chi connectivity index (χ1v) is 10.2. The quantitative estimate of drug-likeness (QED) is 0.192. The lowest BCUT2D eigenvalue weighted by Crippen LogP contribution is -2.02. The first kappa shape index (κ1) is 22.5. The second-order valence-electron chi connectivity index (χ2n) is 4.66. The summed E-state index contributed by atoms with van der Waals surface area (Å²) in [5, 5.41) is 0. The van der Waals surface area contributed by atoms with E-state index in [1.165, 1.54) is 6.08 Å². The molecule has 0 radical (unpaired) electrons. The Kier molecular flexibility index (Phi) is 11.6. The molecule has 0 saturated heterocycles. The summed E-state index contributed by atoms with van der Waals surface area (Å²) in [6.45, 7) is 1.98. The zero-order valence-electron chi connectivity index (χ0n) is 13.0. The molecule has 23 heavy (non-hydrogen) atoms. The summed E-state index contributed by atoms with van der Waals surface area (Å²) in [6.07, 6.45) is 7.60. The van der Waals surface area contributed by atoms with Crippen molar-refractivity contribution < 1.29 is 42.2 Å². The lowest BCUT2D eigenvalue weighted by molar-refractivity contribution is -0.137.